The summed E-state index contributed by atoms with van der Waals surface area (Å²) in [5, 5.41) is 8.10. The molecule has 2 aromatic carbocycles. The third-order valence-corrected chi connectivity index (χ3v) is 5.66. The number of fused-ring (bicyclic) bond motifs is 1. The van der Waals surface area contributed by atoms with Crippen LogP contribution in [0.2, 0.25) is 0 Å². The average molecular weight is 529 g/mol. The Kier molecular flexibility index (Phi) is 8.51. The Morgan fingerprint density at radius 2 is 1.87 bits per heavy atom. The number of halogens is 1. The van der Waals surface area contributed by atoms with Crippen LogP contribution in [0, 0.1) is 0 Å². The molecule has 1 unspecified atom stereocenters. The monoisotopic (exact) mass is 529 g/mol. The molecule has 1 aromatic heterocycles. The molecular weight excluding hydrogens is 497 g/mol. The number of hydrogen-bond donors (Lipinski definition) is 2. The topological polar surface area (TPSA) is 52.6 Å². The zero-order chi connectivity index (χ0) is 20.8. The van der Waals surface area contributed by atoms with Crippen molar-refractivity contribution in [3.63, 3.8) is 0 Å². The molecule has 1 fully saturated rings. The highest BCUT2D eigenvalue weighted by Gasteiger charge is 2.14. The Balaban J connectivity index is 0.00000272. The predicted octanol–water partition coefficient (Wildman–Crippen LogP) is 5.27. The molecule has 0 spiro atoms. The highest BCUT2D eigenvalue weighted by molar-refractivity contribution is 14.0. The number of para-hydroxylation sites is 1. The zero-order valence-corrected chi connectivity index (χ0v) is 20.7. The van der Waals surface area contributed by atoms with Crippen molar-refractivity contribution < 1.29 is 0 Å². The van der Waals surface area contributed by atoms with Crippen molar-refractivity contribution in [2.75, 3.05) is 24.5 Å². The second kappa shape index (κ2) is 11.3. The molecule has 0 bridgehead atoms. The van der Waals surface area contributed by atoms with Crippen LogP contribution < -0.4 is 15.5 Å². The van der Waals surface area contributed by atoms with Gasteiger partial charge in [-0.25, -0.2) is 4.99 Å². The standard InChI is InChI=1S/C25H31N5.HI/c1-3-26-25(28-18-22-11-6-9-20-12-8-14-27-24(20)22)29-19(2)21-10-7-13-23(17-21)30-15-4-5-16-30;/h6-14,17,19H,3-5,15-16,18H2,1-2H3,(H2,26,28,29);1H. The van der Waals surface area contributed by atoms with Crippen LogP contribution in [0.5, 0.6) is 0 Å². The lowest BCUT2D eigenvalue weighted by atomic mass is 10.1. The van der Waals surface area contributed by atoms with Gasteiger partial charge >= 0.3 is 0 Å². The van der Waals surface area contributed by atoms with Gasteiger partial charge in [-0.05, 0) is 56.0 Å². The summed E-state index contributed by atoms with van der Waals surface area (Å²) in [5.41, 5.74) is 4.75. The van der Waals surface area contributed by atoms with Crippen molar-refractivity contribution in [2.45, 2.75) is 39.3 Å². The van der Waals surface area contributed by atoms with Gasteiger partial charge < -0.3 is 15.5 Å². The number of hydrogen-bond acceptors (Lipinski definition) is 3. The average Bonchev–Trinajstić information content (AvgIpc) is 3.33. The fraction of sp³-hybridized carbons (Fsp3) is 0.360. The van der Waals surface area contributed by atoms with E-state index in [1.54, 1.807) is 0 Å². The van der Waals surface area contributed by atoms with Crippen LogP contribution in [-0.2, 0) is 6.54 Å². The molecule has 1 aliphatic heterocycles. The van der Waals surface area contributed by atoms with Gasteiger partial charge in [-0.1, -0.05) is 36.4 Å². The molecule has 1 saturated heterocycles. The SMILES string of the molecule is CCNC(=NCc1cccc2cccnc12)NC(C)c1cccc(N2CCCC2)c1.I. The first-order chi connectivity index (χ1) is 14.7. The van der Waals surface area contributed by atoms with Crippen LogP contribution in [0.25, 0.3) is 10.9 Å². The number of guanidine groups is 1. The highest BCUT2D eigenvalue weighted by Crippen LogP contribution is 2.24. The largest absolute Gasteiger partial charge is 0.372 e. The first-order valence-electron chi connectivity index (χ1n) is 11.0. The number of anilines is 1. The predicted molar refractivity (Wildman–Crippen MR) is 141 cm³/mol. The van der Waals surface area contributed by atoms with Gasteiger partial charge in [0.1, 0.15) is 0 Å². The number of nitrogens with one attached hydrogen (secondary N) is 2. The van der Waals surface area contributed by atoms with Crippen LogP contribution in [0.1, 0.15) is 43.9 Å². The van der Waals surface area contributed by atoms with Crippen LogP contribution in [-0.4, -0.2) is 30.6 Å². The molecule has 1 atom stereocenters. The van der Waals surface area contributed by atoms with Gasteiger partial charge in [0, 0.05) is 36.9 Å². The lowest BCUT2D eigenvalue weighted by molar-refractivity contribution is 0.686. The molecule has 4 rings (SSSR count). The number of pyridine rings is 1. The summed E-state index contributed by atoms with van der Waals surface area (Å²) in [4.78, 5) is 11.9. The molecule has 2 N–H and O–H groups in total. The lowest BCUT2D eigenvalue weighted by Gasteiger charge is -2.22. The fourth-order valence-corrected chi connectivity index (χ4v) is 4.03. The van der Waals surface area contributed by atoms with Gasteiger partial charge in [-0.2, -0.15) is 0 Å². The highest BCUT2D eigenvalue weighted by atomic mass is 127. The maximum absolute atomic E-state index is 4.84. The zero-order valence-electron chi connectivity index (χ0n) is 18.3. The second-order valence-corrected chi connectivity index (χ2v) is 7.84. The lowest BCUT2D eigenvalue weighted by Crippen LogP contribution is -2.38. The summed E-state index contributed by atoms with van der Waals surface area (Å²) in [6.07, 6.45) is 4.42. The maximum atomic E-state index is 4.84. The minimum absolute atomic E-state index is 0. The van der Waals surface area contributed by atoms with Gasteiger partial charge in [-0.3, -0.25) is 4.98 Å². The van der Waals surface area contributed by atoms with E-state index in [0.717, 1.165) is 42.1 Å². The summed E-state index contributed by atoms with van der Waals surface area (Å²) >= 11 is 0. The van der Waals surface area contributed by atoms with Crippen molar-refractivity contribution in [2.24, 2.45) is 4.99 Å². The molecule has 2 heterocycles. The van der Waals surface area contributed by atoms with Crippen molar-refractivity contribution in [3.8, 4) is 0 Å². The normalized spacial score (nSPS) is 14.9. The van der Waals surface area contributed by atoms with Crippen molar-refractivity contribution in [3.05, 3.63) is 71.9 Å². The number of nitrogens with zero attached hydrogens (tertiary/aromatic N) is 3. The Morgan fingerprint density at radius 1 is 1.10 bits per heavy atom. The quantitative estimate of drug-likeness (QED) is 0.260. The summed E-state index contributed by atoms with van der Waals surface area (Å²) in [6.45, 7) is 8.01. The van der Waals surface area contributed by atoms with Crippen LogP contribution >= 0.6 is 24.0 Å². The summed E-state index contributed by atoms with van der Waals surface area (Å²) in [6, 6.07) is 19.4. The molecule has 0 amide bonds. The fourth-order valence-electron chi connectivity index (χ4n) is 4.03. The summed E-state index contributed by atoms with van der Waals surface area (Å²) < 4.78 is 0. The van der Waals surface area contributed by atoms with Crippen LogP contribution in [0.3, 0.4) is 0 Å². The third-order valence-electron chi connectivity index (χ3n) is 5.66. The van der Waals surface area contributed by atoms with E-state index in [9.17, 15) is 0 Å². The number of benzene rings is 2. The van der Waals surface area contributed by atoms with E-state index in [1.165, 1.54) is 24.1 Å². The van der Waals surface area contributed by atoms with Crippen molar-refractivity contribution in [1.82, 2.24) is 15.6 Å². The smallest absolute Gasteiger partial charge is 0.192 e. The maximum Gasteiger partial charge on any atom is 0.192 e. The molecular formula is C25H32IN5. The van der Waals surface area contributed by atoms with E-state index < -0.39 is 0 Å². The van der Waals surface area contributed by atoms with E-state index in [1.807, 2.05) is 12.3 Å². The molecule has 6 heteroatoms. The second-order valence-electron chi connectivity index (χ2n) is 7.84. The third kappa shape index (κ3) is 5.87. The molecule has 0 radical (unpaired) electrons. The first-order valence-corrected chi connectivity index (χ1v) is 11.0. The minimum atomic E-state index is 0. The molecule has 0 saturated carbocycles. The van der Waals surface area contributed by atoms with Crippen LogP contribution in [0.15, 0.2) is 65.8 Å². The molecule has 1 aliphatic rings. The van der Waals surface area contributed by atoms with Crippen molar-refractivity contribution in [1.29, 1.82) is 0 Å². The number of rotatable bonds is 6. The molecule has 31 heavy (non-hydrogen) atoms. The van der Waals surface area contributed by atoms with Crippen LogP contribution in [0.4, 0.5) is 5.69 Å². The number of aromatic nitrogens is 1. The van der Waals surface area contributed by atoms with Gasteiger partial charge in [0.2, 0.25) is 0 Å². The van der Waals surface area contributed by atoms with E-state index in [-0.39, 0.29) is 30.0 Å². The Morgan fingerprint density at radius 3 is 2.68 bits per heavy atom. The van der Waals surface area contributed by atoms with Gasteiger partial charge in [0.25, 0.3) is 0 Å². The Hall–Kier alpha value is -2.35. The van der Waals surface area contributed by atoms with Gasteiger partial charge in [-0.15, -0.1) is 24.0 Å². The van der Waals surface area contributed by atoms with E-state index >= 15 is 0 Å². The van der Waals surface area contributed by atoms with E-state index in [0.29, 0.717) is 6.54 Å². The summed E-state index contributed by atoms with van der Waals surface area (Å²) in [7, 11) is 0. The Bertz CT molecular complexity index is 1010. The molecule has 5 nitrogen and oxygen atoms in total. The van der Waals surface area contributed by atoms with Gasteiger partial charge in [0.15, 0.2) is 5.96 Å². The van der Waals surface area contributed by atoms with Crippen molar-refractivity contribution >= 4 is 46.5 Å². The summed E-state index contributed by atoms with van der Waals surface area (Å²) in [5.74, 6) is 0.824. The molecule has 164 valence electrons. The van der Waals surface area contributed by atoms with E-state index in [2.05, 4.69) is 82.9 Å². The number of aliphatic imine (C=N–C) groups is 1. The minimum Gasteiger partial charge on any atom is -0.372 e. The first kappa shape index (κ1) is 23.3. The van der Waals surface area contributed by atoms with Gasteiger partial charge in [0.05, 0.1) is 18.1 Å². The molecule has 0 aliphatic carbocycles. The van der Waals surface area contributed by atoms with E-state index in [4.69, 9.17) is 4.99 Å². The molecule has 3 aromatic rings. The Labute approximate surface area is 202 Å².